The van der Waals surface area contributed by atoms with Crippen LogP contribution in [0.5, 0.6) is 0 Å². The lowest BCUT2D eigenvalue weighted by atomic mass is 9.89. The number of aromatic nitrogens is 2. The molecule has 0 saturated heterocycles. The second-order valence-corrected chi connectivity index (χ2v) is 6.99. The standard InChI is InChI=1S/C24H28N2O2/c1-5-18(6-2)22-16-20(11-12-23(22)26-14-13-17(4)25-26)19-9-8-10-21(15-19)24(27)28-7-3/h8-16,18H,5-7H2,1-4H3. The van der Waals surface area contributed by atoms with Gasteiger partial charge in [-0.1, -0.05) is 32.0 Å². The van der Waals surface area contributed by atoms with Crippen LogP contribution in [0.2, 0.25) is 0 Å². The van der Waals surface area contributed by atoms with E-state index in [1.807, 2.05) is 49.0 Å². The molecule has 0 bridgehead atoms. The first kappa shape index (κ1) is 19.9. The minimum Gasteiger partial charge on any atom is -0.462 e. The van der Waals surface area contributed by atoms with E-state index in [1.165, 1.54) is 5.56 Å². The van der Waals surface area contributed by atoms with Crippen molar-refractivity contribution in [1.29, 1.82) is 0 Å². The molecule has 3 rings (SSSR count). The van der Waals surface area contributed by atoms with Crippen LogP contribution in [0.4, 0.5) is 0 Å². The lowest BCUT2D eigenvalue weighted by Crippen LogP contribution is -2.06. The lowest BCUT2D eigenvalue weighted by molar-refractivity contribution is 0.0526. The van der Waals surface area contributed by atoms with Gasteiger partial charge in [-0.25, -0.2) is 9.48 Å². The monoisotopic (exact) mass is 376 g/mol. The Morgan fingerprint density at radius 1 is 1.04 bits per heavy atom. The van der Waals surface area contributed by atoms with Crippen molar-refractivity contribution in [3.8, 4) is 16.8 Å². The molecule has 0 N–H and O–H groups in total. The minimum atomic E-state index is -0.284. The average Bonchev–Trinajstić information content (AvgIpc) is 3.15. The zero-order chi connectivity index (χ0) is 20.1. The van der Waals surface area contributed by atoms with Gasteiger partial charge < -0.3 is 4.74 Å². The molecule has 0 saturated carbocycles. The maximum atomic E-state index is 12.1. The van der Waals surface area contributed by atoms with E-state index in [2.05, 4.69) is 37.1 Å². The summed E-state index contributed by atoms with van der Waals surface area (Å²) in [5.74, 6) is 0.167. The number of ether oxygens (including phenoxy) is 1. The number of benzene rings is 2. The molecule has 2 aromatic carbocycles. The molecule has 0 unspecified atom stereocenters. The molecule has 146 valence electrons. The molecule has 0 atom stereocenters. The summed E-state index contributed by atoms with van der Waals surface area (Å²) in [6, 6.07) is 16.1. The van der Waals surface area contributed by atoms with Crippen LogP contribution in [0.3, 0.4) is 0 Å². The van der Waals surface area contributed by atoms with Crippen LogP contribution >= 0.6 is 0 Å². The number of rotatable bonds is 7. The van der Waals surface area contributed by atoms with E-state index in [4.69, 9.17) is 4.74 Å². The fraction of sp³-hybridized carbons (Fsp3) is 0.333. The third kappa shape index (κ3) is 4.16. The Balaban J connectivity index is 2.07. The van der Waals surface area contributed by atoms with Gasteiger partial charge >= 0.3 is 5.97 Å². The van der Waals surface area contributed by atoms with E-state index in [-0.39, 0.29) is 5.97 Å². The Morgan fingerprint density at radius 3 is 2.43 bits per heavy atom. The van der Waals surface area contributed by atoms with Crippen LogP contribution in [0.25, 0.3) is 16.8 Å². The molecule has 0 aliphatic carbocycles. The molecular formula is C24H28N2O2. The summed E-state index contributed by atoms with van der Waals surface area (Å²) in [6.07, 6.45) is 4.14. The summed E-state index contributed by atoms with van der Waals surface area (Å²) in [5.41, 5.74) is 6.10. The molecule has 0 radical (unpaired) electrons. The van der Waals surface area contributed by atoms with Crippen molar-refractivity contribution in [2.75, 3.05) is 6.61 Å². The first-order chi connectivity index (χ1) is 13.6. The highest BCUT2D eigenvalue weighted by Gasteiger charge is 2.16. The molecule has 0 amide bonds. The van der Waals surface area contributed by atoms with Crippen LogP contribution in [0.1, 0.15) is 61.1 Å². The maximum Gasteiger partial charge on any atom is 0.338 e. The largest absolute Gasteiger partial charge is 0.462 e. The number of carbonyl (C=O) groups is 1. The zero-order valence-corrected chi connectivity index (χ0v) is 17.1. The Hall–Kier alpha value is -2.88. The third-order valence-electron chi connectivity index (χ3n) is 5.13. The van der Waals surface area contributed by atoms with E-state index in [9.17, 15) is 4.79 Å². The summed E-state index contributed by atoms with van der Waals surface area (Å²) < 4.78 is 7.10. The molecule has 4 heteroatoms. The fourth-order valence-corrected chi connectivity index (χ4v) is 3.59. The maximum absolute atomic E-state index is 12.1. The molecular weight excluding hydrogens is 348 g/mol. The molecule has 0 fully saturated rings. The number of nitrogens with zero attached hydrogens (tertiary/aromatic N) is 2. The minimum absolute atomic E-state index is 0.284. The Kier molecular flexibility index (Phi) is 6.30. The van der Waals surface area contributed by atoms with E-state index < -0.39 is 0 Å². The normalized spacial score (nSPS) is 11.0. The van der Waals surface area contributed by atoms with Gasteiger partial charge in [-0.3, -0.25) is 0 Å². The van der Waals surface area contributed by atoms with Gasteiger partial charge in [0.05, 0.1) is 23.6 Å². The van der Waals surface area contributed by atoms with E-state index >= 15 is 0 Å². The average molecular weight is 377 g/mol. The lowest BCUT2D eigenvalue weighted by Gasteiger charge is -2.19. The summed E-state index contributed by atoms with van der Waals surface area (Å²) in [7, 11) is 0. The number of hydrogen-bond acceptors (Lipinski definition) is 3. The Morgan fingerprint density at radius 2 is 1.79 bits per heavy atom. The molecule has 4 nitrogen and oxygen atoms in total. The highest BCUT2D eigenvalue weighted by atomic mass is 16.5. The van der Waals surface area contributed by atoms with Gasteiger partial charge in [-0.2, -0.15) is 5.10 Å². The number of esters is 1. The van der Waals surface area contributed by atoms with Crippen molar-refractivity contribution >= 4 is 5.97 Å². The van der Waals surface area contributed by atoms with Crippen LogP contribution in [-0.4, -0.2) is 22.4 Å². The SMILES string of the molecule is CCOC(=O)c1cccc(-c2ccc(-n3ccc(C)n3)c(C(CC)CC)c2)c1. The van der Waals surface area contributed by atoms with Gasteiger partial charge in [0.25, 0.3) is 0 Å². The van der Waals surface area contributed by atoms with Crippen LogP contribution in [-0.2, 0) is 4.74 Å². The molecule has 1 aromatic heterocycles. The predicted molar refractivity (Wildman–Crippen MR) is 113 cm³/mol. The van der Waals surface area contributed by atoms with Crippen LogP contribution < -0.4 is 0 Å². The number of hydrogen-bond donors (Lipinski definition) is 0. The van der Waals surface area contributed by atoms with Gasteiger partial charge in [-0.15, -0.1) is 0 Å². The van der Waals surface area contributed by atoms with Crippen molar-refractivity contribution < 1.29 is 9.53 Å². The second-order valence-electron chi connectivity index (χ2n) is 6.99. The molecule has 28 heavy (non-hydrogen) atoms. The summed E-state index contributed by atoms with van der Waals surface area (Å²) in [4.78, 5) is 12.1. The third-order valence-corrected chi connectivity index (χ3v) is 5.13. The zero-order valence-electron chi connectivity index (χ0n) is 17.1. The van der Waals surface area contributed by atoms with Crippen molar-refractivity contribution in [2.45, 2.75) is 46.5 Å². The fourth-order valence-electron chi connectivity index (χ4n) is 3.59. The van der Waals surface area contributed by atoms with Gasteiger partial charge in [0.2, 0.25) is 0 Å². The van der Waals surface area contributed by atoms with Gasteiger partial charge in [0.1, 0.15) is 0 Å². The van der Waals surface area contributed by atoms with E-state index in [1.54, 1.807) is 6.07 Å². The van der Waals surface area contributed by atoms with Gasteiger partial charge in [-0.05, 0) is 79.6 Å². The van der Waals surface area contributed by atoms with Gasteiger partial charge in [0, 0.05) is 6.20 Å². The molecule has 3 aromatic rings. The second kappa shape index (κ2) is 8.87. The molecule has 0 aliphatic rings. The Bertz CT molecular complexity index is 955. The summed E-state index contributed by atoms with van der Waals surface area (Å²) >= 11 is 0. The summed E-state index contributed by atoms with van der Waals surface area (Å²) in [5, 5.41) is 4.61. The van der Waals surface area contributed by atoms with Crippen LogP contribution in [0, 0.1) is 6.92 Å². The molecule has 1 heterocycles. The first-order valence-electron chi connectivity index (χ1n) is 10.0. The number of carbonyl (C=O) groups excluding carboxylic acids is 1. The van der Waals surface area contributed by atoms with Crippen molar-refractivity contribution in [1.82, 2.24) is 9.78 Å². The van der Waals surface area contributed by atoms with Crippen molar-refractivity contribution in [3.63, 3.8) is 0 Å². The van der Waals surface area contributed by atoms with Crippen LogP contribution in [0.15, 0.2) is 54.7 Å². The quantitative estimate of drug-likeness (QED) is 0.480. The van der Waals surface area contributed by atoms with E-state index in [0.29, 0.717) is 18.1 Å². The van der Waals surface area contributed by atoms with Gasteiger partial charge in [0.15, 0.2) is 0 Å². The molecule has 0 aliphatic heterocycles. The smallest absolute Gasteiger partial charge is 0.338 e. The van der Waals surface area contributed by atoms with Crippen molar-refractivity contribution in [2.24, 2.45) is 0 Å². The first-order valence-corrected chi connectivity index (χ1v) is 10.0. The highest BCUT2D eigenvalue weighted by molar-refractivity contribution is 5.91. The van der Waals surface area contributed by atoms with Crippen molar-refractivity contribution in [3.05, 3.63) is 71.5 Å². The topological polar surface area (TPSA) is 44.1 Å². The predicted octanol–water partition coefficient (Wildman–Crippen LogP) is 5.93. The number of aryl methyl sites for hydroxylation is 1. The highest BCUT2D eigenvalue weighted by Crippen LogP contribution is 2.33. The molecule has 0 spiro atoms. The Labute approximate surface area is 167 Å². The summed E-state index contributed by atoms with van der Waals surface area (Å²) in [6.45, 7) is 8.64. The van der Waals surface area contributed by atoms with E-state index in [0.717, 1.165) is 35.3 Å².